The van der Waals surface area contributed by atoms with Gasteiger partial charge in [0.2, 0.25) is 5.88 Å². The fraction of sp³-hybridized carbons (Fsp3) is 0.133. The third-order valence-corrected chi connectivity index (χ3v) is 3.10. The van der Waals surface area contributed by atoms with Gasteiger partial charge in [-0.25, -0.2) is 9.78 Å². The van der Waals surface area contributed by atoms with Gasteiger partial charge >= 0.3 is 5.63 Å². The number of nitrogens with two attached hydrogens (primary N) is 1. The summed E-state index contributed by atoms with van der Waals surface area (Å²) in [6.07, 6.45) is 0. The Balaban J connectivity index is 2.48. The third-order valence-electron chi connectivity index (χ3n) is 3.10. The van der Waals surface area contributed by atoms with Crippen LogP contribution in [0.2, 0.25) is 0 Å². The van der Waals surface area contributed by atoms with Crippen LogP contribution in [0, 0.1) is 0 Å². The van der Waals surface area contributed by atoms with Gasteiger partial charge in [-0.1, -0.05) is 12.1 Å². The van der Waals surface area contributed by atoms with Crippen LogP contribution in [-0.4, -0.2) is 17.5 Å². The fourth-order valence-electron chi connectivity index (χ4n) is 2.19. The predicted octanol–water partition coefficient (Wildman–Crippen LogP) is 1.84. The number of hydrogen-bond acceptors (Lipinski definition) is 5. The first kappa shape index (κ1) is 13.1. The lowest BCUT2D eigenvalue weighted by atomic mass is 10.1. The quantitative estimate of drug-likeness (QED) is 0.585. The Morgan fingerprint density at radius 2 is 2.10 bits per heavy atom. The van der Waals surface area contributed by atoms with Crippen molar-refractivity contribution < 1.29 is 13.9 Å². The van der Waals surface area contributed by atoms with Crippen molar-refractivity contribution in [2.75, 3.05) is 6.61 Å². The highest BCUT2D eigenvalue weighted by Gasteiger charge is 2.17. The van der Waals surface area contributed by atoms with Crippen LogP contribution in [0.15, 0.2) is 39.5 Å². The van der Waals surface area contributed by atoms with Crippen molar-refractivity contribution in [1.82, 2.24) is 4.98 Å². The Morgan fingerprint density at radius 3 is 2.81 bits per heavy atom. The molecule has 1 amide bonds. The minimum absolute atomic E-state index is 0.0620. The number of primary amides is 1. The molecule has 0 atom stereocenters. The van der Waals surface area contributed by atoms with Gasteiger partial charge in [0.25, 0.3) is 5.91 Å². The molecule has 2 aromatic heterocycles. The molecule has 6 nitrogen and oxygen atoms in total. The number of amides is 1. The van der Waals surface area contributed by atoms with Gasteiger partial charge < -0.3 is 14.9 Å². The molecule has 0 unspecified atom stereocenters. The summed E-state index contributed by atoms with van der Waals surface area (Å²) in [5.74, 6) is -0.589. The maximum absolute atomic E-state index is 12.0. The van der Waals surface area contributed by atoms with E-state index in [9.17, 15) is 9.59 Å². The monoisotopic (exact) mass is 284 g/mol. The zero-order valence-corrected chi connectivity index (χ0v) is 11.3. The van der Waals surface area contributed by atoms with E-state index in [0.29, 0.717) is 23.1 Å². The zero-order chi connectivity index (χ0) is 15.0. The molecule has 0 aliphatic carbocycles. The predicted molar refractivity (Wildman–Crippen MR) is 77.5 cm³/mol. The van der Waals surface area contributed by atoms with E-state index in [1.165, 1.54) is 6.07 Å². The molecule has 3 aromatic rings. The topological polar surface area (TPSA) is 95.4 Å². The summed E-state index contributed by atoms with van der Waals surface area (Å²) in [4.78, 5) is 27.8. The minimum atomic E-state index is -0.708. The molecule has 1 aromatic carbocycles. The molecule has 21 heavy (non-hydrogen) atoms. The zero-order valence-electron chi connectivity index (χ0n) is 11.3. The second kappa shape index (κ2) is 4.90. The summed E-state index contributed by atoms with van der Waals surface area (Å²) in [6, 6.07) is 8.41. The number of benzene rings is 1. The number of pyridine rings is 1. The molecule has 0 saturated heterocycles. The van der Waals surface area contributed by atoms with Crippen LogP contribution >= 0.6 is 0 Å². The molecule has 0 fully saturated rings. The number of ether oxygens (including phenoxy) is 1. The molecular formula is C15H12N2O4. The number of carbonyl (C=O) groups is 1. The average molecular weight is 284 g/mol. The smallest absolute Gasteiger partial charge is 0.345 e. The molecule has 0 spiro atoms. The number of para-hydroxylation sites is 1. The lowest BCUT2D eigenvalue weighted by Crippen LogP contribution is -2.15. The summed E-state index contributed by atoms with van der Waals surface area (Å²) < 4.78 is 10.6. The number of aromatic nitrogens is 1. The van der Waals surface area contributed by atoms with E-state index >= 15 is 0 Å². The van der Waals surface area contributed by atoms with E-state index in [4.69, 9.17) is 14.9 Å². The third kappa shape index (κ3) is 2.10. The molecule has 6 heteroatoms. The molecule has 0 saturated carbocycles. The van der Waals surface area contributed by atoms with Crippen LogP contribution in [0.4, 0.5) is 0 Å². The van der Waals surface area contributed by atoms with Gasteiger partial charge in [0.1, 0.15) is 11.1 Å². The normalized spacial score (nSPS) is 10.9. The van der Waals surface area contributed by atoms with Gasteiger partial charge in [-0.2, -0.15) is 0 Å². The van der Waals surface area contributed by atoms with E-state index < -0.39 is 11.5 Å². The number of carbonyl (C=O) groups excluding carboxylic acids is 1. The van der Waals surface area contributed by atoms with E-state index in [1.807, 2.05) is 6.07 Å². The van der Waals surface area contributed by atoms with Crippen molar-refractivity contribution in [3.63, 3.8) is 0 Å². The Bertz CT molecular complexity index is 915. The average Bonchev–Trinajstić information content (AvgIpc) is 2.47. The van der Waals surface area contributed by atoms with Crippen molar-refractivity contribution in [2.45, 2.75) is 6.92 Å². The van der Waals surface area contributed by atoms with Crippen molar-refractivity contribution in [3.05, 3.63) is 46.3 Å². The largest absolute Gasteiger partial charge is 0.477 e. The van der Waals surface area contributed by atoms with Crippen LogP contribution < -0.4 is 16.1 Å². The van der Waals surface area contributed by atoms with E-state index in [1.54, 1.807) is 25.1 Å². The number of fused-ring (bicyclic) bond motifs is 3. The van der Waals surface area contributed by atoms with Crippen molar-refractivity contribution in [3.8, 4) is 5.88 Å². The highest BCUT2D eigenvalue weighted by Crippen LogP contribution is 2.26. The molecule has 2 heterocycles. The van der Waals surface area contributed by atoms with Crippen molar-refractivity contribution in [1.29, 1.82) is 0 Å². The Kier molecular flexibility index (Phi) is 3.06. The van der Waals surface area contributed by atoms with Gasteiger partial charge in [0.05, 0.1) is 17.5 Å². The van der Waals surface area contributed by atoms with Gasteiger partial charge in [0.15, 0.2) is 0 Å². The van der Waals surface area contributed by atoms with Crippen molar-refractivity contribution in [2.24, 2.45) is 5.73 Å². The number of rotatable bonds is 3. The summed E-state index contributed by atoms with van der Waals surface area (Å²) >= 11 is 0. The molecule has 0 radical (unpaired) electrons. The number of nitrogens with zero attached hydrogens (tertiary/aromatic N) is 1. The summed E-state index contributed by atoms with van der Waals surface area (Å²) in [7, 11) is 0. The minimum Gasteiger partial charge on any atom is -0.477 e. The maximum atomic E-state index is 12.0. The number of hydrogen-bond donors (Lipinski definition) is 1. The summed E-state index contributed by atoms with van der Waals surface area (Å²) in [5.41, 5.74) is 5.65. The standard InChI is InChI=1S/C15H12N2O4/c1-2-20-14-10(13(16)18)7-9-12(17-14)8-5-3-4-6-11(8)21-15(9)19/h3-7H,2H2,1H3,(H2,16,18). The molecule has 0 aliphatic rings. The van der Waals surface area contributed by atoms with Crippen LogP contribution in [0.5, 0.6) is 5.88 Å². The van der Waals surface area contributed by atoms with Gasteiger partial charge in [-0.3, -0.25) is 4.79 Å². The van der Waals surface area contributed by atoms with Crippen molar-refractivity contribution >= 4 is 27.8 Å². The lowest BCUT2D eigenvalue weighted by molar-refractivity contribution is 0.0996. The second-order valence-corrected chi connectivity index (χ2v) is 4.42. The first-order valence-electron chi connectivity index (χ1n) is 6.41. The Morgan fingerprint density at radius 1 is 1.33 bits per heavy atom. The molecule has 2 N–H and O–H groups in total. The fourth-order valence-corrected chi connectivity index (χ4v) is 2.19. The SMILES string of the molecule is CCOc1nc2c(cc1C(N)=O)c(=O)oc1ccccc12. The van der Waals surface area contributed by atoms with E-state index in [-0.39, 0.29) is 16.8 Å². The lowest BCUT2D eigenvalue weighted by Gasteiger charge is -2.09. The van der Waals surface area contributed by atoms with Crippen LogP contribution in [-0.2, 0) is 0 Å². The molecule has 0 aliphatic heterocycles. The maximum Gasteiger partial charge on any atom is 0.345 e. The summed E-state index contributed by atoms with van der Waals surface area (Å²) in [5, 5.41) is 0.870. The molecule has 106 valence electrons. The van der Waals surface area contributed by atoms with Crippen LogP contribution in [0.25, 0.3) is 21.9 Å². The van der Waals surface area contributed by atoms with Gasteiger partial charge in [-0.05, 0) is 25.1 Å². The van der Waals surface area contributed by atoms with Gasteiger partial charge in [-0.15, -0.1) is 0 Å². The van der Waals surface area contributed by atoms with Gasteiger partial charge in [0, 0.05) is 5.39 Å². The second-order valence-electron chi connectivity index (χ2n) is 4.42. The first-order chi connectivity index (χ1) is 10.1. The Hall–Kier alpha value is -2.89. The van der Waals surface area contributed by atoms with E-state index in [0.717, 1.165) is 0 Å². The van der Waals surface area contributed by atoms with Crippen LogP contribution in [0.3, 0.4) is 0 Å². The molecule has 3 rings (SSSR count). The molecule has 0 bridgehead atoms. The van der Waals surface area contributed by atoms with E-state index in [2.05, 4.69) is 4.98 Å². The highest BCUT2D eigenvalue weighted by atomic mass is 16.5. The summed E-state index contributed by atoms with van der Waals surface area (Å²) in [6.45, 7) is 2.10. The Labute approximate surface area is 119 Å². The van der Waals surface area contributed by atoms with Crippen LogP contribution in [0.1, 0.15) is 17.3 Å². The highest BCUT2D eigenvalue weighted by molar-refractivity contribution is 6.05. The molecular weight excluding hydrogens is 272 g/mol. The first-order valence-corrected chi connectivity index (χ1v) is 6.41.